The summed E-state index contributed by atoms with van der Waals surface area (Å²) in [5.74, 6) is -0.590. The number of amides is 2. The number of aliphatic hydroxyl groups is 1. The van der Waals surface area contributed by atoms with Crippen LogP contribution < -0.4 is 10.6 Å². The smallest absolute Gasteiger partial charge is 0.319 e. The van der Waals surface area contributed by atoms with Crippen LogP contribution in [0, 0.1) is 5.82 Å². The molecule has 1 unspecified atom stereocenters. The van der Waals surface area contributed by atoms with Crippen LogP contribution in [0.5, 0.6) is 0 Å². The van der Waals surface area contributed by atoms with Gasteiger partial charge in [-0.05, 0) is 19.4 Å². The Morgan fingerprint density at radius 2 is 2.44 bits per heavy atom. The average Bonchev–Trinajstić information content (AvgIpc) is 2.21. The van der Waals surface area contributed by atoms with Gasteiger partial charge in [-0.2, -0.15) is 0 Å². The number of hydrogen-bond acceptors (Lipinski definition) is 3. The second-order valence-corrected chi connectivity index (χ2v) is 3.37. The van der Waals surface area contributed by atoms with E-state index in [9.17, 15) is 9.18 Å². The van der Waals surface area contributed by atoms with E-state index in [0.29, 0.717) is 13.0 Å². The van der Waals surface area contributed by atoms with Crippen molar-refractivity contribution in [2.75, 3.05) is 11.9 Å². The molecule has 0 aromatic carbocycles. The van der Waals surface area contributed by atoms with Crippen molar-refractivity contribution >= 4 is 11.7 Å². The van der Waals surface area contributed by atoms with E-state index in [-0.39, 0.29) is 5.69 Å². The van der Waals surface area contributed by atoms with Crippen molar-refractivity contribution in [2.45, 2.75) is 19.4 Å². The molecule has 88 valence electrons. The van der Waals surface area contributed by atoms with Gasteiger partial charge in [-0.15, -0.1) is 0 Å². The highest BCUT2D eigenvalue weighted by Gasteiger charge is 2.05. The number of anilines is 1. The lowest BCUT2D eigenvalue weighted by Crippen LogP contribution is -2.31. The maximum absolute atomic E-state index is 13.1. The van der Waals surface area contributed by atoms with Gasteiger partial charge >= 0.3 is 6.03 Å². The standard InChI is InChI=1S/C10H14FN3O2/c1-7(15)2-5-13-10(16)14-9-3-4-12-6-8(9)11/h3-4,6-7,15H,2,5H2,1H3,(H2,12,13,14,16). The molecule has 2 amide bonds. The SMILES string of the molecule is CC(O)CCNC(=O)Nc1ccncc1F. The van der Waals surface area contributed by atoms with E-state index in [0.717, 1.165) is 6.20 Å². The molecule has 0 spiro atoms. The molecular weight excluding hydrogens is 213 g/mol. The first-order valence-corrected chi connectivity index (χ1v) is 4.92. The van der Waals surface area contributed by atoms with Crippen molar-refractivity contribution in [3.8, 4) is 0 Å². The van der Waals surface area contributed by atoms with Crippen molar-refractivity contribution in [2.24, 2.45) is 0 Å². The summed E-state index contributed by atoms with van der Waals surface area (Å²) in [4.78, 5) is 14.8. The van der Waals surface area contributed by atoms with Crippen molar-refractivity contribution in [3.05, 3.63) is 24.3 Å². The molecule has 0 aliphatic heterocycles. The lowest BCUT2D eigenvalue weighted by atomic mass is 10.3. The predicted octanol–water partition coefficient (Wildman–Crippen LogP) is 1.11. The van der Waals surface area contributed by atoms with Crippen LogP contribution >= 0.6 is 0 Å². The maximum Gasteiger partial charge on any atom is 0.319 e. The summed E-state index contributed by atoms with van der Waals surface area (Å²) < 4.78 is 13.1. The number of pyridine rings is 1. The Labute approximate surface area is 92.7 Å². The number of aromatic nitrogens is 1. The number of rotatable bonds is 4. The molecule has 3 N–H and O–H groups in total. The summed E-state index contributed by atoms with van der Waals surface area (Å²) in [6, 6.07) is 0.856. The van der Waals surface area contributed by atoms with Crippen LogP contribution in [0.4, 0.5) is 14.9 Å². The van der Waals surface area contributed by atoms with Crippen molar-refractivity contribution in [1.29, 1.82) is 0 Å². The van der Waals surface area contributed by atoms with Crippen LogP contribution in [0.15, 0.2) is 18.5 Å². The van der Waals surface area contributed by atoms with Gasteiger partial charge in [0.2, 0.25) is 0 Å². The summed E-state index contributed by atoms with van der Waals surface area (Å²) in [7, 11) is 0. The van der Waals surface area contributed by atoms with Gasteiger partial charge in [-0.25, -0.2) is 9.18 Å². The molecule has 5 nitrogen and oxygen atoms in total. The van der Waals surface area contributed by atoms with Crippen LogP contribution in [0.2, 0.25) is 0 Å². The minimum atomic E-state index is -0.590. The fraction of sp³-hybridized carbons (Fsp3) is 0.400. The fourth-order valence-electron chi connectivity index (χ4n) is 1.04. The second kappa shape index (κ2) is 6.02. The molecule has 1 atom stereocenters. The van der Waals surface area contributed by atoms with Gasteiger partial charge < -0.3 is 15.7 Å². The number of hydrogen-bond donors (Lipinski definition) is 3. The van der Waals surface area contributed by atoms with E-state index >= 15 is 0 Å². The van der Waals surface area contributed by atoms with Gasteiger partial charge in [-0.1, -0.05) is 0 Å². The Balaban J connectivity index is 2.37. The normalized spacial score (nSPS) is 11.9. The van der Waals surface area contributed by atoms with Crippen LogP contribution in [0.3, 0.4) is 0 Å². The molecule has 0 saturated heterocycles. The first-order chi connectivity index (χ1) is 7.59. The highest BCUT2D eigenvalue weighted by molar-refractivity contribution is 5.89. The predicted molar refractivity (Wildman–Crippen MR) is 57.5 cm³/mol. The van der Waals surface area contributed by atoms with Crippen LogP contribution in [0.1, 0.15) is 13.3 Å². The first-order valence-electron chi connectivity index (χ1n) is 4.92. The second-order valence-electron chi connectivity index (χ2n) is 3.37. The Hall–Kier alpha value is -1.69. The number of urea groups is 1. The summed E-state index contributed by atoms with van der Waals surface area (Å²) in [6.07, 6.45) is 2.38. The summed E-state index contributed by atoms with van der Waals surface area (Å²) in [5.41, 5.74) is 0.0737. The molecule has 16 heavy (non-hydrogen) atoms. The van der Waals surface area contributed by atoms with E-state index in [4.69, 9.17) is 5.11 Å². The molecule has 0 saturated carbocycles. The fourth-order valence-corrected chi connectivity index (χ4v) is 1.04. The highest BCUT2D eigenvalue weighted by atomic mass is 19.1. The monoisotopic (exact) mass is 227 g/mol. The average molecular weight is 227 g/mol. The number of carbonyl (C=O) groups excluding carboxylic acids is 1. The van der Waals surface area contributed by atoms with Gasteiger partial charge in [0.25, 0.3) is 0 Å². The molecule has 1 rings (SSSR count). The van der Waals surface area contributed by atoms with Gasteiger partial charge in [0.05, 0.1) is 18.0 Å². The van der Waals surface area contributed by atoms with Crippen LogP contribution in [-0.2, 0) is 0 Å². The topological polar surface area (TPSA) is 74.2 Å². The van der Waals surface area contributed by atoms with Gasteiger partial charge in [0.15, 0.2) is 5.82 Å². The lowest BCUT2D eigenvalue weighted by molar-refractivity contribution is 0.184. The molecule has 1 aromatic rings. The van der Waals surface area contributed by atoms with E-state index in [2.05, 4.69) is 15.6 Å². The minimum absolute atomic E-state index is 0.0737. The molecule has 0 aliphatic rings. The molecule has 0 aliphatic carbocycles. The number of carbonyl (C=O) groups is 1. The molecule has 6 heteroatoms. The maximum atomic E-state index is 13.1. The van der Waals surface area contributed by atoms with Crippen molar-refractivity contribution in [1.82, 2.24) is 10.3 Å². The van der Waals surface area contributed by atoms with E-state index in [1.165, 1.54) is 12.3 Å². The Kier molecular flexibility index (Phi) is 4.65. The van der Waals surface area contributed by atoms with Gasteiger partial charge in [0, 0.05) is 12.7 Å². The van der Waals surface area contributed by atoms with Gasteiger partial charge in [0.1, 0.15) is 0 Å². The molecule has 0 radical (unpaired) electrons. The third kappa shape index (κ3) is 4.22. The zero-order valence-electron chi connectivity index (χ0n) is 8.90. The molecule has 0 fully saturated rings. The number of aliphatic hydroxyl groups excluding tert-OH is 1. The number of nitrogens with one attached hydrogen (secondary N) is 2. The number of nitrogens with zero attached hydrogens (tertiary/aromatic N) is 1. The molecule has 1 heterocycles. The third-order valence-electron chi connectivity index (χ3n) is 1.87. The molecular formula is C10H14FN3O2. The van der Waals surface area contributed by atoms with Crippen LogP contribution in [-0.4, -0.2) is 28.8 Å². The Bertz CT molecular complexity index is 358. The summed E-state index contributed by atoms with van der Waals surface area (Å²) in [5, 5.41) is 13.8. The zero-order chi connectivity index (χ0) is 12.0. The third-order valence-corrected chi connectivity index (χ3v) is 1.87. The van der Waals surface area contributed by atoms with Crippen LogP contribution in [0.25, 0.3) is 0 Å². The van der Waals surface area contributed by atoms with Crippen molar-refractivity contribution in [3.63, 3.8) is 0 Å². The van der Waals surface area contributed by atoms with Crippen molar-refractivity contribution < 1.29 is 14.3 Å². The molecule has 0 bridgehead atoms. The molecule has 1 aromatic heterocycles. The highest BCUT2D eigenvalue weighted by Crippen LogP contribution is 2.09. The minimum Gasteiger partial charge on any atom is -0.393 e. The van der Waals surface area contributed by atoms with Gasteiger partial charge in [-0.3, -0.25) is 4.98 Å². The van der Waals surface area contributed by atoms with E-state index in [1.54, 1.807) is 6.92 Å². The first kappa shape index (κ1) is 12.4. The van der Waals surface area contributed by atoms with E-state index < -0.39 is 18.0 Å². The Morgan fingerprint density at radius 3 is 3.06 bits per heavy atom. The lowest BCUT2D eigenvalue weighted by Gasteiger charge is -2.08. The van der Waals surface area contributed by atoms with E-state index in [1.807, 2.05) is 0 Å². The Morgan fingerprint density at radius 1 is 1.69 bits per heavy atom. The summed E-state index contributed by atoms with van der Waals surface area (Å²) in [6.45, 7) is 1.96. The quantitative estimate of drug-likeness (QED) is 0.721. The number of halogens is 1. The zero-order valence-corrected chi connectivity index (χ0v) is 8.90. The summed E-state index contributed by atoms with van der Waals surface area (Å²) >= 11 is 0. The largest absolute Gasteiger partial charge is 0.393 e.